The summed E-state index contributed by atoms with van der Waals surface area (Å²) in [6.07, 6.45) is 0.340. The van der Waals surface area contributed by atoms with Crippen LogP contribution in [0.15, 0.2) is 43.0 Å². The molecule has 0 atom stereocenters. The van der Waals surface area contributed by atoms with Crippen LogP contribution in [0.1, 0.15) is 40.4 Å². The van der Waals surface area contributed by atoms with Crippen molar-refractivity contribution >= 4 is 34.7 Å². The Hall–Kier alpha value is -2.28. The van der Waals surface area contributed by atoms with E-state index >= 15 is 0 Å². The van der Waals surface area contributed by atoms with Gasteiger partial charge >= 0.3 is 0 Å². The number of ketones is 1. The Morgan fingerprint density at radius 2 is 1.92 bits per heavy atom. The van der Waals surface area contributed by atoms with Crippen molar-refractivity contribution in [3.63, 3.8) is 0 Å². The van der Waals surface area contributed by atoms with Gasteiger partial charge in [-0.2, -0.15) is 5.26 Å². The molecule has 3 nitrogen and oxygen atoms in total. The van der Waals surface area contributed by atoms with Gasteiger partial charge < -0.3 is 5.32 Å². The lowest BCUT2D eigenvalue weighted by molar-refractivity contribution is 0.0988. The van der Waals surface area contributed by atoms with Gasteiger partial charge in [0.25, 0.3) is 0 Å². The molecule has 0 aliphatic rings. The van der Waals surface area contributed by atoms with Crippen LogP contribution in [0.25, 0.3) is 5.70 Å². The van der Waals surface area contributed by atoms with Gasteiger partial charge in [-0.05, 0) is 35.4 Å². The van der Waals surface area contributed by atoms with Crippen LogP contribution in [0.2, 0.25) is 10.0 Å². The SMILES string of the molecule is C=C(NCc1cccc(C#N)c1)c1cc(Cl)c(C(=O)CC)c(Cl)c1. The van der Waals surface area contributed by atoms with Crippen LogP contribution >= 0.6 is 23.2 Å². The molecule has 122 valence electrons. The highest BCUT2D eigenvalue weighted by Gasteiger charge is 2.15. The lowest BCUT2D eigenvalue weighted by Crippen LogP contribution is -2.11. The van der Waals surface area contributed by atoms with Crippen LogP contribution in [0.3, 0.4) is 0 Å². The average Bonchev–Trinajstić information content (AvgIpc) is 2.58. The minimum absolute atomic E-state index is 0.0940. The summed E-state index contributed by atoms with van der Waals surface area (Å²) < 4.78 is 0. The highest BCUT2D eigenvalue weighted by Crippen LogP contribution is 2.29. The number of hydrogen-bond donors (Lipinski definition) is 1. The largest absolute Gasteiger partial charge is 0.381 e. The zero-order valence-corrected chi connectivity index (χ0v) is 14.7. The Morgan fingerprint density at radius 3 is 2.50 bits per heavy atom. The highest BCUT2D eigenvalue weighted by molar-refractivity contribution is 6.40. The number of hydrogen-bond acceptors (Lipinski definition) is 3. The molecule has 0 bridgehead atoms. The van der Waals surface area contributed by atoms with Crippen molar-refractivity contribution in [3.8, 4) is 6.07 Å². The molecule has 24 heavy (non-hydrogen) atoms. The van der Waals surface area contributed by atoms with Crippen molar-refractivity contribution in [2.45, 2.75) is 19.9 Å². The predicted molar refractivity (Wildman–Crippen MR) is 98.1 cm³/mol. The summed E-state index contributed by atoms with van der Waals surface area (Å²) in [5, 5.41) is 12.7. The van der Waals surface area contributed by atoms with Crippen molar-refractivity contribution in [1.29, 1.82) is 5.26 Å². The molecule has 0 aromatic heterocycles. The standard InChI is InChI=1S/C19H16Cl2N2O/c1-3-18(24)19-16(20)8-15(9-17(19)21)12(2)23-11-14-6-4-5-13(7-14)10-22/h4-9,23H,2-3,11H2,1H3. The Morgan fingerprint density at radius 1 is 1.25 bits per heavy atom. The van der Waals surface area contributed by atoms with E-state index in [9.17, 15) is 4.79 Å². The third-order valence-corrected chi connectivity index (χ3v) is 4.15. The number of benzene rings is 2. The van der Waals surface area contributed by atoms with Gasteiger partial charge in [-0.15, -0.1) is 0 Å². The molecule has 0 amide bonds. The van der Waals surface area contributed by atoms with E-state index < -0.39 is 0 Å². The molecule has 0 unspecified atom stereocenters. The molecule has 5 heteroatoms. The summed E-state index contributed by atoms with van der Waals surface area (Å²) in [6.45, 7) is 6.26. The first-order chi connectivity index (χ1) is 11.5. The number of nitriles is 1. The quantitative estimate of drug-likeness (QED) is 0.720. The topological polar surface area (TPSA) is 52.9 Å². The predicted octanol–water partition coefficient (Wildman–Crippen LogP) is 5.22. The molecule has 2 aromatic carbocycles. The minimum atomic E-state index is -0.0940. The van der Waals surface area contributed by atoms with Crippen molar-refractivity contribution in [2.75, 3.05) is 0 Å². The van der Waals surface area contributed by atoms with Gasteiger partial charge in [-0.25, -0.2) is 0 Å². The van der Waals surface area contributed by atoms with Crippen molar-refractivity contribution < 1.29 is 4.79 Å². The van der Waals surface area contributed by atoms with Gasteiger partial charge in [0.05, 0.1) is 27.2 Å². The molecular formula is C19H16Cl2N2O. The normalized spacial score (nSPS) is 10.1. The summed E-state index contributed by atoms with van der Waals surface area (Å²) in [7, 11) is 0. The number of halogens is 2. The minimum Gasteiger partial charge on any atom is -0.381 e. The summed E-state index contributed by atoms with van der Waals surface area (Å²) >= 11 is 12.4. The summed E-state index contributed by atoms with van der Waals surface area (Å²) in [5.41, 5.74) is 3.27. The maximum Gasteiger partial charge on any atom is 0.165 e. The van der Waals surface area contributed by atoms with Gasteiger partial charge in [0.15, 0.2) is 5.78 Å². The third kappa shape index (κ3) is 4.17. The number of nitrogens with one attached hydrogen (secondary N) is 1. The second kappa shape index (κ2) is 8.01. The zero-order chi connectivity index (χ0) is 17.7. The van der Waals surface area contributed by atoms with E-state index in [-0.39, 0.29) is 5.78 Å². The Bertz CT molecular complexity index is 814. The number of Topliss-reactive ketones (excluding diaryl/α,β-unsaturated/α-hetero) is 1. The Kier molecular flexibility index (Phi) is 6.03. The first-order valence-corrected chi connectivity index (χ1v) is 8.16. The van der Waals surface area contributed by atoms with E-state index in [2.05, 4.69) is 18.0 Å². The number of carbonyl (C=O) groups excluding carboxylic acids is 1. The molecule has 1 N–H and O–H groups in total. The van der Waals surface area contributed by atoms with E-state index in [1.165, 1.54) is 0 Å². The maximum atomic E-state index is 11.9. The zero-order valence-electron chi connectivity index (χ0n) is 13.2. The fraction of sp³-hybridized carbons (Fsp3) is 0.158. The maximum absolute atomic E-state index is 11.9. The number of nitrogens with zero attached hydrogens (tertiary/aromatic N) is 1. The van der Waals surface area contributed by atoms with Gasteiger partial charge in [0.1, 0.15) is 0 Å². The van der Waals surface area contributed by atoms with Crippen LogP contribution in [-0.2, 0) is 6.54 Å². The van der Waals surface area contributed by atoms with Crippen LogP contribution in [0.4, 0.5) is 0 Å². The van der Waals surface area contributed by atoms with Crippen LogP contribution in [-0.4, -0.2) is 5.78 Å². The van der Waals surface area contributed by atoms with Crippen molar-refractivity contribution in [1.82, 2.24) is 5.32 Å². The van der Waals surface area contributed by atoms with E-state index in [0.29, 0.717) is 45.4 Å². The monoisotopic (exact) mass is 358 g/mol. The summed E-state index contributed by atoms with van der Waals surface area (Å²) in [4.78, 5) is 11.9. The highest BCUT2D eigenvalue weighted by atomic mass is 35.5. The van der Waals surface area contributed by atoms with Crippen LogP contribution in [0.5, 0.6) is 0 Å². The van der Waals surface area contributed by atoms with Gasteiger partial charge in [0.2, 0.25) is 0 Å². The molecule has 0 fully saturated rings. The molecule has 2 rings (SSSR count). The van der Waals surface area contributed by atoms with Crippen LogP contribution < -0.4 is 5.32 Å². The first kappa shape index (κ1) is 18.1. The molecule has 0 aliphatic carbocycles. The van der Waals surface area contributed by atoms with Gasteiger partial charge in [0, 0.05) is 18.7 Å². The van der Waals surface area contributed by atoms with E-state index in [1.807, 2.05) is 18.2 Å². The number of carbonyl (C=O) groups is 1. The van der Waals surface area contributed by atoms with Crippen molar-refractivity contribution in [3.05, 3.63) is 75.3 Å². The molecule has 0 saturated heterocycles. The molecular weight excluding hydrogens is 343 g/mol. The lowest BCUT2D eigenvalue weighted by atomic mass is 10.0. The summed E-state index contributed by atoms with van der Waals surface area (Å²) in [5.74, 6) is -0.0940. The fourth-order valence-electron chi connectivity index (χ4n) is 2.25. The molecule has 0 saturated carbocycles. The summed E-state index contributed by atoms with van der Waals surface area (Å²) in [6, 6.07) is 12.8. The van der Waals surface area contributed by atoms with Crippen molar-refractivity contribution in [2.24, 2.45) is 0 Å². The fourth-order valence-corrected chi connectivity index (χ4v) is 2.95. The van der Waals surface area contributed by atoms with Gasteiger partial charge in [-0.1, -0.05) is 48.8 Å². The lowest BCUT2D eigenvalue weighted by Gasteiger charge is -2.13. The first-order valence-electron chi connectivity index (χ1n) is 7.40. The molecule has 0 aliphatic heterocycles. The Balaban J connectivity index is 2.15. The van der Waals surface area contributed by atoms with E-state index in [4.69, 9.17) is 28.5 Å². The smallest absolute Gasteiger partial charge is 0.165 e. The second-order valence-electron chi connectivity index (χ2n) is 5.24. The van der Waals surface area contributed by atoms with Gasteiger partial charge in [-0.3, -0.25) is 4.79 Å². The number of rotatable bonds is 6. The molecule has 0 spiro atoms. The molecule has 2 aromatic rings. The molecule has 0 radical (unpaired) electrons. The Labute approximate surface area is 151 Å². The van der Waals surface area contributed by atoms with E-state index in [1.54, 1.807) is 25.1 Å². The van der Waals surface area contributed by atoms with Crippen LogP contribution in [0, 0.1) is 11.3 Å². The molecule has 0 heterocycles. The van der Waals surface area contributed by atoms with E-state index in [0.717, 1.165) is 5.56 Å². The second-order valence-corrected chi connectivity index (χ2v) is 6.05. The third-order valence-electron chi connectivity index (χ3n) is 3.55. The average molecular weight is 359 g/mol.